The summed E-state index contributed by atoms with van der Waals surface area (Å²) in [5.74, 6) is -0.681. The van der Waals surface area contributed by atoms with Crippen LogP contribution >= 0.6 is 35.0 Å². The molecular formula is C18H16Cl2N4O4S. The van der Waals surface area contributed by atoms with Crippen molar-refractivity contribution >= 4 is 45.9 Å². The summed E-state index contributed by atoms with van der Waals surface area (Å²) >= 11 is 13.4. The molecule has 3 N–H and O–H groups in total. The molecule has 3 aromatic rings. The molecule has 0 bridgehead atoms. The van der Waals surface area contributed by atoms with E-state index in [-0.39, 0.29) is 16.8 Å². The molecule has 0 aliphatic heterocycles. The number of aromatic nitrogens is 2. The van der Waals surface area contributed by atoms with Crippen LogP contribution in [0.5, 0.6) is 5.75 Å². The highest BCUT2D eigenvalue weighted by Crippen LogP contribution is 2.36. The van der Waals surface area contributed by atoms with Crippen molar-refractivity contribution < 1.29 is 14.4 Å². The SMILES string of the molecule is CN(C)C(=O)Sc1c(Cl)cc(Cl)cc1CNc1ccc(-c2noc(=O)[nH]2)c(O)c1. The molecule has 1 aromatic heterocycles. The maximum Gasteiger partial charge on any atom is 0.439 e. The number of nitrogens with one attached hydrogen (secondary N) is 2. The predicted octanol–water partition coefficient (Wildman–Crippen LogP) is 4.43. The molecule has 0 unspecified atom stereocenters. The van der Waals surface area contributed by atoms with Gasteiger partial charge in [-0.15, -0.1) is 0 Å². The zero-order valence-electron chi connectivity index (χ0n) is 15.3. The normalized spacial score (nSPS) is 10.8. The lowest BCUT2D eigenvalue weighted by atomic mass is 10.1. The number of aromatic amines is 1. The van der Waals surface area contributed by atoms with Crippen LogP contribution in [0.15, 0.2) is 44.5 Å². The molecular weight excluding hydrogens is 439 g/mol. The number of phenolic OH excluding ortho intramolecular Hbond substituents is 1. The average molecular weight is 455 g/mol. The predicted molar refractivity (Wildman–Crippen MR) is 113 cm³/mol. The molecule has 0 saturated carbocycles. The summed E-state index contributed by atoms with van der Waals surface area (Å²) in [6.07, 6.45) is 0. The lowest BCUT2D eigenvalue weighted by Gasteiger charge is -2.15. The molecule has 1 heterocycles. The summed E-state index contributed by atoms with van der Waals surface area (Å²) < 4.78 is 4.45. The Labute approximate surface area is 179 Å². The van der Waals surface area contributed by atoms with Crippen LogP contribution in [-0.2, 0) is 6.54 Å². The molecule has 0 aliphatic rings. The van der Waals surface area contributed by atoms with E-state index in [1.807, 2.05) is 0 Å². The third kappa shape index (κ3) is 5.06. The first-order chi connectivity index (χ1) is 13.7. The third-order valence-electron chi connectivity index (χ3n) is 3.82. The fourth-order valence-corrected chi connectivity index (χ4v) is 3.85. The Hall–Kier alpha value is -2.62. The number of rotatable bonds is 5. The van der Waals surface area contributed by atoms with Gasteiger partial charge in [0.1, 0.15) is 5.75 Å². The van der Waals surface area contributed by atoms with Crippen LogP contribution in [0.25, 0.3) is 11.4 Å². The highest BCUT2D eigenvalue weighted by Gasteiger charge is 2.16. The van der Waals surface area contributed by atoms with Crippen molar-refractivity contribution in [3.05, 3.63) is 56.5 Å². The van der Waals surface area contributed by atoms with Gasteiger partial charge in [0.2, 0.25) is 0 Å². The monoisotopic (exact) mass is 454 g/mol. The molecule has 8 nitrogen and oxygen atoms in total. The molecule has 1 amide bonds. The van der Waals surface area contributed by atoms with Gasteiger partial charge in [-0.3, -0.25) is 14.3 Å². The molecule has 152 valence electrons. The lowest BCUT2D eigenvalue weighted by Crippen LogP contribution is -2.16. The van der Waals surface area contributed by atoms with Crippen molar-refractivity contribution in [3.63, 3.8) is 0 Å². The zero-order chi connectivity index (χ0) is 21.1. The molecule has 0 saturated heterocycles. The molecule has 3 rings (SSSR count). The van der Waals surface area contributed by atoms with E-state index >= 15 is 0 Å². The number of hydrogen-bond acceptors (Lipinski definition) is 7. The second-order valence-corrected chi connectivity index (χ2v) is 7.97. The number of halogens is 2. The maximum absolute atomic E-state index is 12.1. The highest BCUT2D eigenvalue weighted by atomic mass is 35.5. The topological polar surface area (TPSA) is 111 Å². The second-order valence-electron chi connectivity index (χ2n) is 6.17. The Morgan fingerprint density at radius 2 is 2.07 bits per heavy atom. The molecule has 29 heavy (non-hydrogen) atoms. The number of H-pyrrole nitrogens is 1. The van der Waals surface area contributed by atoms with Crippen LogP contribution in [0.1, 0.15) is 5.56 Å². The Balaban J connectivity index is 1.81. The molecule has 2 aromatic carbocycles. The number of thioether (sulfide) groups is 1. The summed E-state index contributed by atoms with van der Waals surface area (Å²) in [5, 5.41) is 17.6. The van der Waals surface area contributed by atoms with Crippen molar-refractivity contribution in [2.24, 2.45) is 0 Å². The molecule has 11 heteroatoms. The average Bonchev–Trinajstić information content (AvgIpc) is 3.08. The van der Waals surface area contributed by atoms with Gasteiger partial charge in [0, 0.05) is 42.3 Å². The van der Waals surface area contributed by atoms with E-state index < -0.39 is 5.76 Å². The number of nitrogens with zero attached hydrogens (tertiary/aromatic N) is 2. The lowest BCUT2D eigenvalue weighted by molar-refractivity contribution is 0.241. The maximum atomic E-state index is 12.1. The quantitative estimate of drug-likeness (QED) is 0.488. The number of phenols is 1. The number of carbonyl (C=O) groups is 1. The number of hydrogen-bond donors (Lipinski definition) is 3. The number of benzene rings is 2. The number of amides is 1. The Kier molecular flexibility index (Phi) is 6.41. The first kappa shape index (κ1) is 21.1. The van der Waals surface area contributed by atoms with Gasteiger partial charge in [0.15, 0.2) is 5.82 Å². The van der Waals surface area contributed by atoms with Crippen molar-refractivity contribution in [1.29, 1.82) is 0 Å². The van der Waals surface area contributed by atoms with Gasteiger partial charge in [-0.05, 0) is 41.6 Å². The van der Waals surface area contributed by atoms with Crippen LogP contribution < -0.4 is 11.1 Å². The fourth-order valence-electron chi connectivity index (χ4n) is 2.42. The zero-order valence-corrected chi connectivity index (χ0v) is 17.7. The van der Waals surface area contributed by atoms with Crippen LogP contribution in [0.4, 0.5) is 10.5 Å². The van der Waals surface area contributed by atoms with E-state index in [1.54, 1.807) is 38.4 Å². The van der Waals surface area contributed by atoms with E-state index in [9.17, 15) is 14.7 Å². The van der Waals surface area contributed by atoms with Crippen LogP contribution in [0.3, 0.4) is 0 Å². The van der Waals surface area contributed by atoms with E-state index in [0.717, 1.165) is 17.3 Å². The van der Waals surface area contributed by atoms with Crippen molar-refractivity contribution in [1.82, 2.24) is 15.0 Å². The van der Waals surface area contributed by atoms with E-state index in [4.69, 9.17) is 23.2 Å². The summed E-state index contributed by atoms with van der Waals surface area (Å²) in [6.45, 7) is 0.308. The highest BCUT2D eigenvalue weighted by molar-refractivity contribution is 8.13. The van der Waals surface area contributed by atoms with Crippen LogP contribution in [-0.4, -0.2) is 39.5 Å². The first-order valence-electron chi connectivity index (χ1n) is 8.25. The smallest absolute Gasteiger partial charge is 0.439 e. The van der Waals surface area contributed by atoms with Crippen LogP contribution in [0.2, 0.25) is 10.0 Å². The standard InChI is InChI=1S/C18H16Cl2N4O4S/c1-24(2)18(27)29-15-9(5-10(19)6-13(15)20)8-21-11-3-4-12(14(25)7-11)16-22-17(26)28-23-16/h3-7,21,25H,8H2,1-2H3,(H,22,23,26). The first-order valence-corrected chi connectivity index (χ1v) is 9.82. The molecule has 0 aliphatic carbocycles. The Bertz CT molecular complexity index is 1110. The minimum atomic E-state index is -0.711. The third-order valence-corrected chi connectivity index (χ3v) is 5.67. The minimum absolute atomic E-state index is 0.0962. The summed E-state index contributed by atoms with van der Waals surface area (Å²) in [5.41, 5.74) is 1.65. The molecule has 0 spiro atoms. The van der Waals surface area contributed by atoms with Gasteiger partial charge in [-0.2, -0.15) is 0 Å². The van der Waals surface area contributed by atoms with Gasteiger partial charge in [-0.1, -0.05) is 28.4 Å². The van der Waals surface area contributed by atoms with Gasteiger partial charge < -0.3 is 15.3 Å². The van der Waals surface area contributed by atoms with Gasteiger partial charge >= 0.3 is 5.76 Å². The van der Waals surface area contributed by atoms with Crippen molar-refractivity contribution in [2.45, 2.75) is 11.4 Å². The molecule has 0 atom stereocenters. The van der Waals surface area contributed by atoms with Crippen molar-refractivity contribution in [3.8, 4) is 17.1 Å². The molecule has 0 radical (unpaired) electrons. The largest absolute Gasteiger partial charge is 0.507 e. The minimum Gasteiger partial charge on any atom is -0.507 e. The fraction of sp³-hybridized carbons (Fsp3) is 0.167. The Morgan fingerprint density at radius 1 is 1.31 bits per heavy atom. The van der Waals surface area contributed by atoms with Gasteiger partial charge in [0.05, 0.1) is 10.6 Å². The van der Waals surface area contributed by atoms with Crippen LogP contribution in [0, 0.1) is 0 Å². The van der Waals surface area contributed by atoms with E-state index in [2.05, 4.69) is 20.0 Å². The summed E-state index contributed by atoms with van der Waals surface area (Å²) in [6, 6.07) is 8.07. The number of carbonyl (C=O) groups excluding carboxylic acids is 1. The number of anilines is 1. The summed E-state index contributed by atoms with van der Waals surface area (Å²) in [7, 11) is 3.31. The molecule has 0 fully saturated rings. The van der Waals surface area contributed by atoms with E-state index in [0.29, 0.717) is 32.7 Å². The van der Waals surface area contributed by atoms with Gasteiger partial charge in [0.25, 0.3) is 5.24 Å². The Morgan fingerprint density at radius 3 is 2.69 bits per heavy atom. The van der Waals surface area contributed by atoms with Crippen molar-refractivity contribution in [2.75, 3.05) is 19.4 Å². The summed E-state index contributed by atoms with van der Waals surface area (Å²) in [4.78, 5) is 27.6. The van der Waals surface area contributed by atoms with E-state index in [1.165, 1.54) is 11.0 Å². The second kappa shape index (κ2) is 8.81. The van der Waals surface area contributed by atoms with Gasteiger partial charge in [-0.25, -0.2) is 4.79 Å². The number of aromatic hydroxyl groups is 1.